The van der Waals surface area contributed by atoms with E-state index in [0.717, 1.165) is 25.1 Å². The Balaban J connectivity index is 1.54. The van der Waals surface area contributed by atoms with E-state index in [2.05, 4.69) is 18.7 Å². The van der Waals surface area contributed by atoms with E-state index >= 15 is 0 Å². The first-order chi connectivity index (χ1) is 17.4. The van der Waals surface area contributed by atoms with Gasteiger partial charge in [0.25, 0.3) is 5.91 Å². The van der Waals surface area contributed by atoms with E-state index in [4.69, 9.17) is 13.9 Å². The average molecular weight is 495 g/mol. The van der Waals surface area contributed by atoms with Crippen molar-refractivity contribution in [2.45, 2.75) is 26.3 Å². The van der Waals surface area contributed by atoms with Gasteiger partial charge in [-0.3, -0.25) is 14.5 Å². The first kappa shape index (κ1) is 24.5. The van der Waals surface area contributed by atoms with E-state index in [1.165, 1.54) is 18.2 Å². The van der Waals surface area contributed by atoms with Gasteiger partial charge in [0.1, 0.15) is 17.1 Å². The molecule has 0 spiro atoms. The maximum atomic E-state index is 14.0. The smallest absolute Gasteiger partial charge is 0.290 e. The summed E-state index contributed by atoms with van der Waals surface area (Å²) in [4.78, 5) is 31.1. The van der Waals surface area contributed by atoms with Crippen molar-refractivity contribution < 1.29 is 23.1 Å². The summed E-state index contributed by atoms with van der Waals surface area (Å²) >= 11 is 0. The fourth-order valence-electron chi connectivity index (χ4n) is 4.83. The van der Waals surface area contributed by atoms with Crippen LogP contribution in [-0.2, 0) is 4.74 Å². The fraction of sp³-hybridized carbons (Fsp3) is 0.429. The summed E-state index contributed by atoms with van der Waals surface area (Å²) in [6, 6.07) is 10.7. The largest absolute Gasteiger partial charge is 0.494 e. The maximum absolute atomic E-state index is 14.0. The molecule has 1 unspecified atom stereocenters. The van der Waals surface area contributed by atoms with E-state index in [-0.39, 0.29) is 33.6 Å². The Labute approximate surface area is 209 Å². The number of morpholine rings is 1. The van der Waals surface area contributed by atoms with Gasteiger partial charge in [-0.1, -0.05) is 26.0 Å². The van der Waals surface area contributed by atoms with Crippen LogP contribution in [0.15, 0.2) is 51.7 Å². The molecule has 0 N–H and O–H groups in total. The Morgan fingerprint density at radius 2 is 1.89 bits per heavy atom. The number of ether oxygens (including phenoxy) is 2. The van der Waals surface area contributed by atoms with Crippen molar-refractivity contribution in [1.29, 1.82) is 0 Å². The summed E-state index contributed by atoms with van der Waals surface area (Å²) < 4.78 is 31.3. The SMILES string of the molecule is CC(C)CCOc1cccc(C2c3c(oc4ccc(F)cc4c3=O)C(=O)N2CCN2CCOCC2)c1. The Morgan fingerprint density at radius 3 is 2.67 bits per heavy atom. The van der Waals surface area contributed by atoms with Crippen LogP contribution in [0.3, 0.4) is 0 Å². The summed E-state index contributed by atoms with van der Waals surface area (Å²) in [6.07, 6.45) is 0.918. The number of hydrogen-bond acceptors (Lipinski definition) is 6. The van der Waals surface area contributed by atoms with Gasteiger partial charge in [-0.15, -0.1) is 0 Å². The van der Waals surface area contributed by atoms with Crippen molar-refractivity contribution in [2.24, 2.45) is 5.92 Å². The highest BCUT2D eigenvalue weighted by Crippen LogP contribution is 2.39. The van der Waals surface area contributed by atoms with Crippen molar-refractivity contribution in [2.75, 3.05) is 46.0 Å². The number of rotatable bonds is 8. The van der Waals surface area contributed by atoms with E-state index in [1.54, 1.807) is 4.90 Å². The number of benzene rings is 2. The maximum Gasteiger partial charge on any atom is 0.290 e. The molecule has 36 heavy (non-hydrogen) atoms. The molecule has 0 aliphatic carbocycles. The molecule has 0 radical (unpaired) electrons. The molecule has 3 aromatic rings. The van der Waals surface area contributed by atoms with Crippen molar-refractivity contribution in [3.05, 3.63) is 75.4 Å². The second kappa shape index (κ2) is 10.4. The van der Waals surface area contributed by atoms with Crippen LogP contribution in [0.25, 0.3) is 11.0 Å². The van der Waals surface area contributed by atoms with E-state index in [0.29, 0.717) is 44.6 Å². The second-order valence-electron chi connectivity index (χ2n) is 9.77. The van der Waals surface area contributed by atoms with Crippen molar-refractivity contribution >= 4 is 16.9 Å². The van der Waals surface area contributed by atoms with Gasteiger partial charge in [0.15, 0.2) is 5.43 Å². The molecule has 190 valence electrons. The molecule has 1 saturated heterocycles. The first-order valence-electron chi connectivity index (χ1n) is 12.5. The van der Waals surface area contributed by atoms with E-state index < -0.39 is 11.9 Å². The summed E-state index contributed by atoms with van der Waals surface area (Å²) in [6.45, 7) is 8.81. The number of carbonyl (C=O) groups excluding carboxylic acids is 1. The minimum absolute atomic E-state index is 0.0252. The Hall–Kier alpha value is -3.23. The topological polar surface area (TPSA) is 72.2 Å². The minimum Gasteiger partial charge on any atom is -0.494 e. The van der Waals surface area contributed by atoms with Gasteiger partial charge in [0.05, 0.1) is 36.8 Å². The van der Waals surface area contributed by atoms with Crippen LogP contribution < -0.4 is 10.2 Å². The number of amides is 1. The molecular formula is C28H31FN2O5. The number of nitrogens with zero attached hydrogens (tertiary/aromatic N) is 2. The standard InChI is InChI=1S/C28H31FN2O5/c1-18(2)8-13-35-21-5-3-4-19(16-21)25-24-26(32)22-17-20(29)6-7-23(22)36-27(24)28(33)31(25)10-9-30-11-14-34-15-12-30/h3-7,16-18,25H,8-15H2,1-2H3. The van der Waals surface area contributed by atoms with Gasteiger partial charge in [-0.05, 0) is 48.2 Å². The lowest BCUT2D eigenvalue weighted by Gasteiger charge is -2.31. The highest BCUT2D eigenvalue weighted by Gasteiger charge is 2.42. The zero-order chi connectivity index (χ0) is 25.2. The van der Waals surface area contributed by atoms with Crippen LogP contribution in [-0.4, -0.2) is 61.7 Å². The Kier molecular flexibility index (Phi) is 7.07. The molecule has 1 fully saturated rings. The molecule has 7 nitrogen and oxygen atoms in total. The van der Waals surface area contributed by atoms with Gasteiger partial charge < -0.3 is 18.8 Å². The fourth-order valence-corrected chi connectivity index (χ4v) is 4.83. The highest BCUT2D eigenvalue weighted by atomic mass is 19.1. The van der Waals surface area contributed by atoms with Gasteiger partial charge in [-0.25, -0.2) is 4.39 Å². The lowest BCUT2D eigenvalue weighted by atomic mass is 9.98. The van der Waals surface area contributed by atoms with Crippen LogP contribution >= 0.6 is 0 Å². The second-order valence-corrected chi connectivity index (χ2v) is 9.77. The van der Waals surface area contributed by atoms with Gasteiger partial charge in [0, 0.05) is 26.2 Å². The molecule has 8 heteroatoms. The Morgan fingerprint density at radius 1 is 1.08 bits per heavy atom. The molecule has 1 aromatic heterocycles. The third-order valence-corrected chi connectivity index (χ3v) is 6.83. The molecule has 2 aliphatic rings. The van der Waals surface area contributed by atoms with Crippen molar-refractivity contribution in [3.63, 3.8) is 0 Å². The predicted octanol–water partition coefficient (Wildman–Crippen LogP) is 4.23. The molecular weight excluding hydrogens is 463 g/mol. The molecule has 0 bridgehead atoms. The third kappa shape index (κ3) is 4.88. The monoisotopic (exact) mass is 494 g/mol. The molecule has 2 aromatic carbocycles. The van der Waals surface area contributed by atoms with Gasteiger partial charge in [0.2, 0.25) is 5.76 Å². The zero-order valence-corrected chi connectivity index (χ0v) is 20.7. The number of fused-ring (bicyclic) bond motifs is 2. The normalized spacial score (nSPS) is 18.3. The number of carbonyl (C=O) groups is 1. The molecule has 1 atom stereocenters. The minimum atomic E-state index is -0.647. The summed E-state index contributed by atoms with van der Waals surface area (Å²) in [5.41, 5.74) is 0.825. The van der Waals surface area contributed by atoms with Gasteiger partial charge in [-0.2, -0.15) is 0 Å². The van der Waals surface area contributed by atoms with E-state index in [9.17, 15) is 14.0 Å². The van der Waals surface area contributed by atoms with Crippen molar-refractivity contribution in [1.82, 2.24) is 9.80 Å². The summed E-state index contributed by atoms with van der Waals surface area (Å²) in [7, 11) is 0. The summed E-state index contributed by atoms with van der Waals surface area (Å²) in [5, 5.41) is 0.130. The zero-order valence-electron chi connectivity index (χ0n) is 20.7. The lowest BCUT2D eigenvalue weighted by Crippen LogP contribution is -2.42. The van der Waals surface area contributed by atoms with Gasteiger partial charge >= 0.3 is 0 Å². The summed E-state index contributed by atoms with van der Waals surface area (Å²) in [5.74, 6) is 0.357. The Bertz CT molecular complexity index is 1320. The van der Waals surface area contributed by atoms with E-state index in [1.807, 2.05) is 24.3 Å². The first-order valence-corrected chi connectivity index (χ1v) is 12.5. The lowest BCUT2D eigenvalue weighted by molar-refractivity contribution is 0.0314. The van der Waals surface area contributed by atoms with Crippen LogP contribution in [0, 0.1) is 11.7 Å². The van der Waals surface area contributed by atoms with Crippen LogP contribution in [0.2, 0.25) is 0 Å². The molecule has 2 aliphatic heterocycles. The highest BCUT2D eigenvalue weighted by molar-refractivity contribution is 5.99. The van der Waals surface area contributed by atoms with Crippen LogP contribution in [0.1, 0.15) is 48.0 Å². The van der Waals surface area contributed by atoms with Crippen LogP contribution in [0.4, 0.5) is 4.39 Å². The molecule has 1 amide bonds. The molecule has 3 heterocycles. The predicted molar refractivity (Wildman–Crippen MR) is 134 cm³/mol. The average Bonchev–Trinajstić information content (AvgIpc) is 3.15. The molecule has 5 rings (SSSR count). The number of hydrogen-bond donors (Lipinski definition) is 0. The van der Waals surface area contributed by atoms with Crippen LogP contribution in [0.5, 0.6) is 5.75 Å². The van der Waals surface area contributed by atoms with Crippen molar-refractivity contribution in [3.8, 4) is 5.75 Å². The third-order valence-electron chi connectivity index (χ3n) is 6.83. The number of halogens is 1. The quantitative estimate of drug-likeness (QED) is 0.467. The molecule has 0 saturated carbocycles.